The van der Waals surface area contributed by atoms with Crippen LogP contribution >= 0.6 is 15.9 Å². The van der Waals surface area contributed by atoms with E-state index >= 15 is 0 Å². The van der Waals surface area contributed by atoms with Gasteiger partial charge in [0.1, 0.15) is 5.75 Å². The summed E-state index contributed by atoms with van der Waals surface area (Å²) in [6.07, 6.45) is 4.87. The zero-order chi connectivity index (χ0) is 13.1. The summed E-state index contributed by atoms with van der Waals surface area (Å²) in [5, 5.41) is 0. The van der Waals surface area contributed by atoms with Gasteiger partial charge in [-0.15, -0.1) is 0 Å². The highest BCUT2D eigenvalue weighted by molar-refractivity contribution is 9.10. The Morgan fingerprint density at radius 2 is 1.94 bits per heavy atom. The lowest BCUT2D eigenvalue weighted by Crippen LogP contribution is -2.23. The number of hydrogen-bond acceptors (Lipinski definition) is 2. The molecule has 1 aliphatic carbocycles. The Labute approximate surface area is 117 Å². The molecule has 0 aromatic heterocycles. The number of hydrogen-bond donors (Lipinski definition) is 0. The second-order valence-corrected chi connectivity index (χ2v) is 6.11. The molecule has 1 aliphatic rings. The number of Topliss-reactive ketones (excluding diaryl/α,β-unsaturated/α-hetero) is 1. The summed E-state index contributed by atoms with van der Waals surface area (Å²) in [6.45, 7) is 3.87. The first kappa shape index (κ1) is 13.6. The van der Waals surface area contributed by atoms with Gasteiger partial charge in [0.05, 0.1) is 11.7 Å². The molecule has 18 heavy (non-hydrogen) atoms. The normalized spacial score (nSPS) is 23.7. The Hall–Kier alpha value is -0.830. The van der Waals surface area contributed by atoms with Crippen molar-refractivity contribution in [3.8, 4) is 5.75 Å². The molecule has 1 aromatic rings. The van der Waals surface area contributed by atoms with E-state index in [9.17, 15) is 4.79 Å². The van der Waals surface area contributed by atoms with Crippen LogP contribution < -0.4 is 4.74 Å². The van der Waals surface area contributed by atoms with Crippen molar-refractivity contribution in [3.05, 3.63) is 28.2 Å². The molecule has 0 unspecified atom stereocenters. The number of carbonyl (C=O) groups is 1. The molecule has 0 saturated heterocycles. The first-order valence-electron chi connectivity index (χ1n) is 6.53. The summed E-state index contributed by atoms with van der Waals surface area (Å²) in [6, 6.07) is 5.61. The fourth-order valence-electron chi connectivity index (χ4n) is 2.41. The van der Waals surface area contributed by atoms with Crippen LogP contribution in [-0.4, -0.2) is 11.9 Å². The number of ether oxygens (including phenoxy) is 1. The predicted molar refractivity (Wildman–Crippen MR) is 76.2 cm³/mol. The summed E-state index contributed by atoms with van der Waals surface area (Å²) in [7, 11) is 0. The van der Waals surface area contributed by atoms with Crippen molar-refractivity contribution in [1.82, 2.24) is 0 Å². The van der Waals surface area contributed by atoms with Crippen molar-refractivity contribution in [3.63, 3.8) is 0 Å². The topological polar surface area (TPSA) is 26.3 Å². The predicted octanol–water partition coefficient (Wildman–Crippen LogP) is 4.61. The fraction of sp³-hybridized carbons (Fsp3) is 0.533. The van der Waals surface area contributed by atoms with E-state index in [0.717, 1.165) is 29.0 Å². The highest BCUT2D eigenvalue weighted by atomic mass is 79.9. The molecule has 0 atom stereocenters. The maximum Gasteiger partial charge on any atom is 0.163 e. The van der Waals surface area contributed by atoms with E-state index < -0.39 is 0 Å². The molecule has 0 amide bonds. The van der Waals surface area contributed by atoms with Gasteiger partial charge in [-0.1, -0.05) is 22.9 Å². The van der Waals surface area contributed by atoms with Gasteiger partial charge in [-0.2, -0.15) is 0 Å². The zero-order valence-electron chi connectivity index (χ0n) is 10.9. The number of halogens is 1. The molecular weight excluding hydrogens is 292 g/mol. The largest absolute Gasteiger partial charge is 0.490 e. The van der Waals surface area contributed by atoms with E-state index in [-0.39, 0.29) is 11.9 Å². The van der Waals surface area contributed by atoms with E-state index in [2.05, 4.69) is 22.9 Å². The van der Waals surface area contributed by atoms with E-state index in [0.29, 0.717) is 5.56 Å². The Morgan fingerprint density at radius 3 is 2.56 bits per heavy atom. The van der Waals surface area contributed by atoms with Crippen LogP contribution in [0.1, 0.15) is 49.9 Å². The average Bonchev–Trinajstić information content (AvgIpc) is 2.32. The monoisotopic (exact) mass is 310 g/mol. The molecule has 0 bridgehead atoms. The SMILES string of the molecule is CC(=O)c1ccc(Br)cc1OC1CCC(C)CC1. The Balaban J connectivity index is 2.12. The van der Waals surface area contributed by atoms with E-state index in [1.54, 1.807) is 6.92 Å². The van der Waals surface area contributed by atoms with Crippen LogP contribution in [0.3, 0.4) is 0 Å². The Morgan fingerprint density at radius 1 is 1.28 bits per heavy atom. The van der Waals surface area contributed by atoms with Crippen LogP contribution in [0.4, 0.5) is 0 Å². The van der Waals surface area contributed by atoms with Gasteiger partial charge in [-0.25, -0.2) is 0 Å². The van der Waals surface area contributed by atoms with Crippen molar-refractivity contribution >= 4 is 21.7 Å². The Kier molecular flexibility index (Phi) is 4.44. The molecule has 0 spiro atoms. The van der Waals surface area contributed by atoms with Crippen LogP contribution in [0.25, 0.3) is 0 Å². The lowest BCUT2D eigenvalue weighted by molar-refractivity contribution is 0.0996. The third kappa shape index (κ3) is 3.35. The molecule has 3 heteroatoms. The van der Waals surface area contributed by atoms with Crippen molar-refractivity contribution in [2.75, 3.05) is 0 Å². The third-order valence-electron chi connectivity index (χ3n) is 3.58. The summed E-state index contributed by atoms with van der Waals surface area (Å²) >= 11 is 3.43. The van der Waals surface area contributed by atoms with Gasteiger partial charge in [0.15, 0.2) is 5.78 Å². The molecular formula is C15H19BrO2. The van der Waals surface area contributed by atoms with Gasteiger partial charge in [0.2, 0.25) is 0 Å². The van der Waals surface area contributed by atoms with Crippen molar-refractivity contribution in [1.29, 1.82) is 0 Å². The van der Waals surface area contributed by atoms with Gasteiger partial charge in [0, 0.05) is 4.47 Å². The molecule has 2 rings (SSSR count). The Bertz CT molecular complexity index is 434. The first-order chi connectivity index (χ1) is 8.56. The fourth-order valence-corrected chi connectivity index (χ4v) is 2.75. The molecule has 2 nitrogen and oxygen atoms in total. The molecule has 0 radical (unpaired) electrons. The average molecular weight is 311 g/mol. The number of ketones is 1. The third-order valence-corrected chi connectivity index (χ3v) is 4.07. The van der Waals surface area contributed by atoms with Crippen LogP contribution in [0.5, 0.6) is 5.75 Å². The second kappa shape index (κ2) is 5.87. The van der Waals surface area contributed by atoms with Crippen LogP contribution in [-0.2, 0) is 0 Å². The maximum absolute atomic E-state index is 11.6. The molecule has 1 aromatic carbocycles. The van der Waals surface area contributed by atoms with Crippen molar-refractivity contribution in [2.45, 2.75) is 45.6 Å². The number of benzene rings is 1. The molecule has 1 saturated carbocycles. The van der Waals surface area contributed by atoms with E-state index in [1.165, 1.54) is 12.8 Å². The molecule has 0 aliphatic heterocycles. The summed E-state index contributed by atoms with van der Waals surface area (Å²) in [5.41, 5.74) is 0.678. The van der Waals surface area contributed by atoms with Crippen molar-refractivity contribution < 1.29 is 9.53 Å². The molecule has 0 N–H and O–H groups in total. The minimum absolute atomic E-state index is 0.0571. The van der Waals surface area contributed by atoms with Gasteiger partial charge >= 0.3 is 0 Å². The minimum Gasteiger partial charge on any atom is -0.490 e. The lowest BCUT2D eigenvalue weighted by atomic mass is 9.89. The second-order valence-electron chi connectivity index (χ2n) is 5.20. The number of rotatable bonds is 3. The molecule has 1 fully saturated rings. The van der Waals surface area contributed by atoms with Gasteiger partial charge < -0.3 is 4.74 Å². The zero-order valence-corrected chi connectivity index (χ0v) is 12.5. The standard InChI is InChI=1S/C15H19BrO2/c1-10-3-6-13(7-4-10)18-15-9-12(16)5-8-14(15)11(2)17/h5,8-10,13H,3-4,6-7H2,1-2H3. The lowest BCUT2D eigenvalue weighted by Gasteiger charge is -2.27. The first-order valence-corrected chi connectivity index (χ1v) is 7.32. The smallest absolute Gasteiger partial charge is 0.163 e. The highest BCUT2D eigenvalue weighted by Crippen LogP contribution is 2.30. The summed E-state index contributed by atoms with van der Waals surface area (Å²) in [4.78, 5) is 11.6. The van der Waals surface area contributed by atoms with Crippen molar-refractivity contribution in [2.24, 2.45) is 5.92 Å². The van der Waals surface area contributed by atoms with Gasteiger partial charge in [0.25, 0.3) is 0 Å². The minimum atomic E-state index is 0.0571. The molecule has 0 heterocycles. The summed E-state index contributed by atoms with van der Waals surface area (Å²) < 4.78 is 6.98. The molecule has 98 valence electrons. The van der Waals surface area contributed by atoms with Crippen LogP contribution in [0, 0.1) is 5.92 Å². The summed E-state index contributed by atoms with van der Waals surface area (Å²) in [5.74, 6) is 1.58. The highest BCUT2D eigenvalue weighted by Gasteiger charge is 2.21. The van der Waals surface area contributed by atoms with Crippen LogP contribution in [0.15, 0.2) is 22.7 Å². The maximum atomic E-state index is 11.6. The number of carbonyl (C=O) groups excluding carboxylic acids is 1. The quantitative estimate of drug-likeness (QED) is 0.762. The van der Waals surface area contributed by atoms with Gasteiger partial charge in [-0.3, -0.25) is 4.79 Å². The van der Waals surface area contributed by atoms with E-state index in [4.69, 9.17) is 4.74 Å². The van der Waals surface area contributed by atoms with Crippen LogP contribution in [0.2, 0.25) is 0 Å². The van der Waals surface area contributed by atoms with E-state index in [1.807, 2.05) is 18.2 Å². The van der Waals surface area contributed by atoms with Gasteiger partial charge in [-0.05, 0) is 56.7 Å².